The SMILES string of the molecule is CCOc1ccc(C2/C(=C(\O)c3cccc(OCC)c3)C(=O)C(=O)N2c2cccc(OCC)c2)cc1. The van der Waals surface area contributed by atoms with Gasteiger partial charge in [-0.3, -0.25) is 14.5 Å². The number of carbonyl (C=O) groups is 2. The molecule has 1 aliphatic heterocycles. The largest absolute Gasteiger partial charge is 0.507 e. The molecule has 1 unspecified atom stereocenters. The molecule has 4 rings (SSSR count). The van der Waals surface area contributed by atoms with Crippen molar-refractivity contribution in [1.82, 2.24) is 0 Å². The molecule has 0 aromatic heterocycles. The first-order valence-electron chi connectivity index (χ1n) is 12.0. The lowest BCUT2D eigenvalue weighted by molar-refractivity contribution is -0.132. The van der Waals surface area contributed by atoms with Crippen LogP contribution in [0.5, 0.6) is 17.2 Å². The Bertz CT molecular complexity index is 1280. The average molecular weight is 488 g/mol. The molecular weight excluding hydrogens is 458 g/mol. The molecule has 1 saturated heterocycles. The van der Waals surface area contributed by atoms with E-state index in [0.29, 0.717) is 53.9 Å². The minimum Gasteiger partial charge on any atom is -0.507 e. The van der Waals surface area contributed by atoms with Crippen molar-refractivity contribution >= 4 is 23.1 Å². The summed E-state index contributed by atoms with van der Waals surface area (Å²) in [6.07, 6.45) is 0. The summed E-state index contributed by atoms with van der Waals surface area (Å²) in [5, 5.41) is 11.4. The predicted octanol–water partition coefficient (Wildman–Crippen LogP) is 5.51. The minimum absolute atomic E-state index is 0.000351. The average Bonchev–Trinajstić information content (AvgIpc) is 3.15. The number of aliphatic hydroxyl groups excluding tert-OH is 1. The molecule has 0 aliphatic carbocycles. The van der Waals surface area contributed by atoms with Gasteiger partial charge in [-0.1, -0.05) is 30.3 Å². The van der Waals surface area contributed by atoms with E-state index >= 15 is 0 Å². The Labute approximate surface area is 210 Å². The maximum absolute atomic E-state index is 13.4. The summed E-state index contributed by atoms with van der Waals surface area (Å²) in [6, 6.07) is 20.1. The van der Waals surface area contributed by atoms with Crippen molar-refractivity contribution in [3.05, 3.63) is 89.5 Å². The lowest BCUT2D eigenvalue weighted by atomic mass is 9.95. The van der Waals surface area contributed by atoms with E-state index in [-0.39, 0.29) is 11.3 Å². The number of aliphatic hydroxyl groups is 1. The molecule has 3 aromatic rings. The first-order valence-corrected chi connectivity index (χ1v) is 12.0. The summed E-state index contributed by atoms with van der Waals surface area (Å²) in [4.78, 5) is 28.2. The number of benzene rings is 3. The van der Waals surface area contributed by atoms with Gasteiger partial charge >= 0.3 is 0 Å². The van der Waals surface area contributed by atoms with Crippen LogP contribution in [0, 0.1) is 0 Å². The fourth-order valence-electron chi connectivity index (χ4n) is 4.27. The number of hydrogen-bond acceptors (Lipinski definition) is 6. The van der Waals surface area contributed by atoms with Crippen molar-refractivity contribution in [3.8, 4) is 17.2 Å². The Balaban J connectivity index is 1.88. The van der Waals surface area contributed by atoms with Gasteiger partial charge in [0.2, 0.25) is 0 Å². The van der Waals surface area contributed by atoms with E-state index in [1.54, 1.807) is 72.8 Å². The van der Waals surface area contributed by atoms with Crippen LogP contribution < -0.4 is 19.1 Å². The van der Waals surface area contributed by atoms with Crippen molar-refractivity contribution in [2.24, 2.45) is 0 Å². The number of anilines is 1. The fourth-order valence-corrected chi connectivity index (χ4v) is 4.27. The van der Waals surface area contributed by atoms with Gasteiger partial charge in [0, 0.05) is 17.3 Å². The zero-order chi connectivity index (χ0) is 25.7. The molecule has 186 valence electrons. The smallest absolute Gasteiger partial charge is 0.300 e. The van der Waals surface area contributed by atoms with Gasteiger partial charge in [-0.25, -0.2) is 0 Å². The highest BCUT2D eigenvalue weighted by atomic mass is 16.5. The van der Waals surface area contributed by atoms with Gasteiger partial charge in [-0.15, -0.1) is 0 Å². The standard InChI is InChI=1S/C29H29NO6/c1-4-34-22-15-13-19(14-16-22)26-25(27(31)20-9-7-11-23(17-20)35-5-2)28(32)29(33)30(26)21-10-8-12-24(18-21)36-6-3/h7-18,26,31H,4-6H2,1-3H3/b27-25+. The summed E-state index contributed by atoms with van der Waals surface area (Å²) in [5.74, 6) is 0.0304. The molecule has 7 nitrogen and oxygen atoms in total. The Kier molecular flexibility index (Phi) is 7.59. The Morgan fingerprint density at radius 1 is 0.778 bits per heavy atom. The molecule has 0 bridgehead atoms. The van der Waals surface area contributed by atoms with Crippen LogP contribution in [0.2, 0.25) is 0 Å². The number of ketones is 1. The summed E-state index contributed by atoms with van der Waals surface area (Å²) in [6.45, 7) is 7.05. The lowest BCUT2D eigenvalue weighted by Crippen LogP contribution is -2.29. The van der Waals surface area contributed by atoms with Crippen LogP contribution in [0.4, 0.5) is 5.69 Å². The molecule has 1 heterocycles. The van der Waals surface area contributed by atoms with Crippen molar-refractivity contribution < 1.29 is 28.9 Å². The van der Waals surface area contributed by atoms with Crippen molar-refractivity contribution in [1.29, 1.82) is 0 Å². The first kappa shape index (κ1) is 24.9. The molecule has 0 spiro atoms. The number of carbonyl (C=O) groups excluding carboxylic acids is 2. The zero-order valence-electron chi connectivity index (χ0n) is 20.6. The zero-order valence-corrected chi connectivity index (χ0v) is 20.6. The third-order valence-corrected chi connectivity index (χ3v) is 5.78. The molecule has 1 fully saturated rings. The lowest BCUT2D eigenvalue weighted by Gasteiger charge is -2.26. The maximum Gasteiger partial charge on any atom is 0.300 e. The first-order chi connectivity index (χ1) is 17.5. The third kappa shape index (κ3) is 4.91. The van der Waals surface area contributed by atoms with Crippen molar-refractivity contribution in [2.45, 2.75) is 26.8 Å². The number of hydrogen-bond donors (Lipinski definition) is 1. The molecule has 0 saturated carbocycles. The molecule has 1 aliphatic rings. The van der Waals surface area contributed by atoms with Crippen LogP contribution in [0.3, 0.4) is 0 Å². The normalized spacial score (nSPS) is 16.8. The van der Waals surface area contributed by atoms with E-state index in [4.69, 9.17) is 14.2 Å². The molecule has 1 N–H and O–H groups in total. The van der Waals surface area contributed by atoms with E-state index in [0.717, 1.165) is 0 Å². The number of rotatable bonds is 9. The topological polar surface area (TPSA) is 85.3 Å². The number of Topliss-reactive ketones (excluding diaryl/α,β-unsaturated/α-hetero) is 1. The highest BCUT2D eigenvalue weighted by molar-refractivity contribution is 6.51. The summed E-state index contributed by atoms with van der Waals surface area (Å²) < 4.78 is 16.7. The Hall–Kier alpha value is -4.26. The second-order valence-corrected chi connectivity index (χ2v) is 8.06. The van der Waals surface area contributed by atoms with Gasteiger partial charge in [0.1, 0.15) is 23.0 Å². The van der Waals surface area contributed by atoms with Crippen LogP contribution in [0.15, 0.2) is 78.4 Å². The summed E-state index contributed by atoms with van der Waals surface area (Å²) >= 11 is 0. The molecule has 1 amide bonds. The van der Waals surface area contributed by atoms with Crippen LogP contribution >= 0.6 is 0 Å². The minimum atomic E-state index is -0.853. The van der Waals surface area contributed by atoms with Gasteiger partial charge < -0.3 is 19.3 Å². The van der Waals surface area contributed by atoms with Crippen molar-refractivity contribution in [2.75, 3.05) is 24.7 Å². The summed E-state index contributed by atoms with van der Waals surface area (Å²) in [7, 11) is 0. The third-order valence-electron chi connectivity index (χ3n) is 5.78. The molecule has 1 atom stereocenters. The van der Waals surface area contributed by atoms with Crippen LogP contribution in [0.1, 0.15) is 37.9 Å². The molecule has 7 heteroatoms. The predicted molar refractivity (Wildman–Crippen MR) is 138 cm³/mol. The second-order valence-electron chi connectivity index (χ2n) is 8.06. The monoisotopic (exact) mass is 487 g/mol. The van der Waals surface area contributed by atoms with Crippen LogP contribution in [-0.2, 0) is 9.59 Å². The maximum atomic E-state index is 13.4. The molecule has 3 aromatic carbocycles. The van der Waals surface area contributed by atoms with E-state index in [1.165, 1.54) is 4.90 Å². The van der Waals surface area contributed by atoms with Gasteiger partial charge in [-0.2, -0.15) is 0 Å². The van der Waals surface area contributed by atoms with E-state index < -0.39 is 17.7 Å². The number of nitrogens with zero attached hydrogens (tertiary/aromatic N) is 1. The Morgan fingerprint density at radius 3 is 2.00 bits per heavy atom. The van der Waals surface area contributed by atoms with Crippen LogP contribution in [0.25, 0.3) is 5.76 Å². The van der Waals surface area contributed by atoms with E-state index in [1.807, 2.05) is 20.8 Å². The highest BCUT2D eigenvalue weighted by Crippen LogP contribution is 2.43. The van der Waals surface area contributed by atoms with Crippen LogP contribution in [-0.4, -0.2) is 36.6 Å². The Morgan fingerprint density at radius 2 is 1.36 bits per heavy atom. The number of amides is 1. The van der Waals surface area contributed by atoms with Gasteiger partial charge in [0.05, 0.1) is 31.4 Å². The van der Waals surface area contributed by atoms with Gasteiger partial charge in [0.25, 0.3) is 11.7 Å². The van der Waals surface area contributed by atoms with Crippen molar-refractivity contribution in [3.63, 3.8) is 0 Å². The second kappa shape index (κ2) is 11.0. The molecular formula is C29H29NO6. The highest BCUT2D eigenvalue weighted by Gasteiger charge is 2.47. The van der Waals surface area contributed by atoms with E-state index in [9.17, 15) is 14.7 Å². The van der Waals surface area contributed by atoms with Gasteiger partial charge in [0.15, 0.2) is 0 Å². The summed E-state index contributed by atoms with van der Waals surface area (Å²) in [5.41, 5.74) is 1.53. The van der Waals surface area contributed by atoms with E-state index in [2.05, 4.69) is 0 Å². The van der Waals surface area contributed by atoms with Gasteiger partial charge in [-0.05, 0) is 62.7 Å². The molecule has 0 radical (unpaired) electrons. The quantitative estimate of drug-likeness (QED) is 0.243. The fraction of sp³-hybridized carbons (Fsp3) is 0.241. The number of ether oxygens (including phenoxy) is 3. The molecule has 36 heavy (non-hydrogen) atoms.